The van der Waals surface area contributed by atoms with Gasteiger partial charge in [0.25, 0.3) is 0 Å². The molecule has 1 heterocycles. The van der Waals surface area contributed by atoms with Crippen LogP contribution in [-0.2, 0) is 9.53 Å². The Morgan fingerprint density at radius 1 is 1.54 bits per heavy atom. The zero-order chi connectivity index (χ0) is 9.90. The molecular weight excluding hydrogens is 166 g/mol. The normalized spacial score (nSPS) is 23.2. The summed E-state index contributed by atoms with van der Waals surface area (Å²) >= 11 is 0. The fraction of sp³-hybridized carbons (Fsp3) is 0.900. The maximum atomic E-state index is 11.4. The molecule has 0 spiro atoms. The SMILES string of the molecule is CC(C)(C)OC(=O)CC1CCCN1. The van der Waals surface area contributed by atoms with Crippen molar-refractivity contribution in [3.63, 3.8) is 0 Å². The molecule has 13 heavy (non-hydrogen) atoms. The summed E-state index contributed by atoms with van der Waals surface area (Å²) in [7, 11) is 0. The number of carbonyl (C=O) groups excluding carboxylic acids is 1. The summed E-state index contributed by atoms with van der Waals surface area (Å²) in [5.41, 5.74) is -0.352. The van der Waals surface area contributed by atoms with Gasteiger partial charge in [0, 0.05) is 6.04 Å². The molecule has 1 atom stereocenters. The Morgan fingerprint density at radius 2 is 2.23 bits per heavy atom. The van der Waals surface area contributed by atoms with Crippen LogP contribution in [-0.4, -0.2) is 24.2 Å². The minimum atomic E-state index is -0.352. The molecule has 1 rings (SSSR count). The zero-order valence-electron chi connectivity index (χ0n) is 8.72. The number of hydrogen-bond acceptors (Lipinski definition) is 3. The molecule has 3 heteroatoms. The predicted molar refractivity (Wildman–Crippen MR) is 51.5 cm³/mol. The third kappa shape index (κ3) is 4.27. The van der Waals surface area contributed by atoms with Gasteiger partial charge in [-0.05, 0) is 40.2 Å². The van der Waals surface area contributed by atoms with Gasteiger partial charge in [-0.2, -0.15) is 0 Å². The van der Waals surface area contributed by atoms with E-state index >= 15 is 0 Å². The highest BCUT2D eigenvalue weighted by atomic mass is 16.6. The van der Waals surface area contributed by atoms with Gasteiger partial charge >= 0.3 is 5.97 Å². The number of ether oxygens (including phenoxy) is 1. The summed E-state index contributed by atoms with van der Waals surface area (Å²) < 4.78 is 5.22. The number of nitrogens with one attached hydrogen (secondary N) is 1. The van der Waals surface area contributed by atoms with Crippen molar-refractivity contribution in [2.45, 2.75) is 51.7 Å². The van der Waals surface area contributed by atoms with Crippen molar-refractivity contribution in [3.05, 3.63) is 0 Å². The predicted octanol–water partition coefficient (Wildman–Crippen LogP) is 1.47. The quantitative estimate of drug-likeness (QED) is 0.662. The lowest BCUT2D eigenvalue weighted by molar-refractivity contribution is -0.155. The van der Waals surface area contributed by atoms with E-state index in [9.17, 15) is 4.79 Å². The van der Waals surface area contributed by atoms with Gasteiger partial charge in [-0.3, -0.25) is 4.79 Å². The Balaban J connectivity index is 2.24. The molecule has 0 aromatic carbocycles. The molecule has 0 radical (unpaired) electrons. The fourth-order valence-corrected chi connectivity index (χ4v) is 1.52. The Kier molecular flexibility index (Phi) is 3.31. The molecular formula is C10H19NO2. The van der Waals surface area contributed by atoms with E-state index in [4.69, 9.17) is 4.74 Å². The van der Waals surface area contributed by atoms with Gasteiger partial charge in [-0.15, -0.1) is 0 Å². The first-order valence-electron chi connectivity index (χ1n) is 4.92. The van der Waals surface area contributed by atoms with Crippen LogP contribution in [0.3, 0.4) is 0 Å². The summed E-state index contributed by atoms with van der Waals surface area (Å²) in [6.07, 6.45) is 2.78. The van der Waals surface area contributed by atoms with Crippen molar-refractivity contribution in [3.8, 4) is 0 Å². The average molecular weight is 185 g/mol. The molecule has 0 bridgehead atoms. The highest BCUT2D eigenvalue weighted by Gasteiger charge is 2.22. The summed E-state index contributed by atoms with van der Waals surface area (Å²) in [5.74, 6) is -0.0908. The number of rotatable bonds is 2. The van der Waals surface area contributed by atoms with E-state index in [0.29, 0.717) is 12.5 Å². The van der Waals surface area contributed by atoms with Crippen molar-refractivity contribution < 1.29 is 9.53 Å². The number of carbonyl (C=O) groups is 1. The van der Waals surface area contributed by atoms with Crippen LogP contribution >= 0.6 is 0 Å². The summed E-state index contributed by atoms with van der Waals surface area (Å²) in [6, 6.07) is 0.342. The van der Waals surface area contributed by atoms with Gasteiger partial charge in [-0.1, -0.05) is 0 Å². The summed E-state index contributed by atoms with van der Waals surface area (Å²) in [4.78, 5) is 11.4. The number of hydrogen-bond donors (Lipinski definition) is 1. The summed E-state index contributed by atoms with van der Waals surface area (Å²) in [5, 5.41) is 3.27. The molecule has 1 aliphatic heterocycles. The zero-order valence-corrected chi connectivity index (χ0v) is 8.72. The lowest BCUT2D eigenvalue weighted by Gasteiger charge is -2.20. The van der Waals surface area contributed by atoms with Gasteiger partial charge in [0.15, 0.2) is 0 Å². The minimum absolute atomic E-state index is 0.0908. The van der Waals surface area contributed by atoms with Crippen molar-refractivity contribution >= 4 is 5.97 Å². The Bertz CT molecular complexity index is 178. The third-order valence-electron chi connectivity index (χ3n) is 2.00. The van der Waals surface area contributed by atoms with Gasteiger partial charge in [-0.25, -0.2) is 0 Å². The largest absolute Gasteiger partial charge is 0.460 e. The minimum Gasteiger partial charge on any atom is -0.460 e. The maximum Gasteiger partial charge on any atom is 0.307 e. The van der Waals surface area contributed by atoms with Crippen LogP contribution in [0.15, 0.2) is 0 Å². The van der Waals surface area contributed by atoms with Gasteiger partial charge in [0.1, 0.15) is 5.60 Å². The van der Waals surface area contributed by atoms with Crippen LogP contribution in [0.1, 0.15) is 40.0 Å². The highest BCUT2D eigenvalue weighted by molar-refractivity contribution is 5.70. The van der Waals surface area contributed by atoms with Crippen LogP contribution in [0, 0.1) is 0 Å². The monoisotopic (exact) mass is 185 g/mol. The van der Waals surface area contributed by atoms with E-state index in [0.717, 1.165) is 13.0 Å². The van der Waals surface area contributed by atoms with Gasteiger partial charge in [0.2, 0.25) is 0 Å². The molecule has 0 saturated carbocycles. The first kappa shape index (κ1) is 10.5. The molecule has 0 aromatic rings. The lowest BCUT2D eigenvalue weighted by atomic mass is 10.1. The second-order valence-electron chi connectivity index (χ2n) is 4.58. The smallest absolute Gasteiger partial charge is 0.307 e. The van der Waals surface area contributed by atoms with Gasteiger partial charge in [0.05, 0.1) is 6.42 Å². The molecule has 0 amide bonds. The van der Waals surface area contributed by atoms with E-state index in [2.05, 4.69) is 5.32 Å². The third-order valence-corrected chi connectivity index (χ3v) is 2.00. The van der Waals surface area contributed by atoms with Crippen LogP contribution in [0.25, 0.3) is 0 Å². The second kappa shape index (κ2) is 4.09. The first-order valence-corrected chi connectivity index (χ1v) is 4.92. The molecule has 0 aliphatic carbocycles. The number of esters is 1. The van der Waals surface area contributed by atoms with Crippen LogP contribution in [0.4, 0.5) is 0 Å². The standard InChI is InChI=1S/C10H19NO2/c1-10(2,3)13-9(12)7-8-5-4-6-11-8/h8,11H,4-7H2,1-3H3. The molecule has 76 valence electrons. The molecule has 1 N–H and O–H groups in total. The fourth-order valence-electron chi connectivity index (χ4n) is 1.52. The van der Waals surface area contributed by atoms with Crippen molar-refractivity contribution in [1.82, 2.24) is 5.32 Å². The molecule has 1 fully saturated rings. The molecule has 3 nitrogen and oxygen atoms in total. The molecule has 1 unspecified atom stereocenters. The van der Waals surface area contributed by atoms with Crippen LogP contribution in [0.5, 0.6) is 0 Å². The maximum absolute atomic E-state index is 11.4. The van der Waals surface area contributed by atoms with E-state index in [-0.39, 0.29) is 11.6 Å². The average Bonchev–Trinajstić information content (AvgIpc) is 2.34. The molecule has 0 aromatic heterocycles. The molecule has 1 aliphatic rings. The second-order valence-corrected chi connectivity index (χ2v) is 4.58. The van der Waals surface area contributed by atoms with E-state index in [1.54, 1.807) is 0 Å². The van der Waals surface area contributed by atoms with E-state index < -0.39 is 0 Å². The molecule has 1 saturated heterocycles. The van der Waals surface area contributed by atoms with Crippen LogP contribution in [0.2, 0.25) is 0 Å². The van der Waals surface area contributed by atoms with E-state index in [1.807, 2.05) is 20.8 Å². The first-order chi connectivity index (χ1) is 5.97. The Morgan fingerprint density at radius 3 is 2.69 bits per heavy atom. The Hall–Kier alpha value is -0.570. The lowest BCUT2D eigenvalue weighted by Crippen LogP contribution is -2.30. The van der Waals surface area contributed by atoms with Crippen molar-refractivity contribution in [1.29, 1.82) is 0 Å². The van der Waals surface area contributed by atoms with Crippen LogP contribution < -0.4 is 5.32 Å². The van der Waals surface area contributed by atoms with Crippen molar-refractivity contribution in [2.24, 2.45) is 0 Å². The van der Waals surface area contributed by atoms with Crippen molar-refractivity contribution in [2.75, 3.05) is 6.54 Å². The summed E-state index contributed by atoms with van der Waals surface area (Å²) in [6.45, 7) is 6.72. The topological polar surface area (TPSA) is 38.3 Å². The Labute approximate surface area is 79.8 Å². The van der Waals surface area contributed by atoms with E-state index in [1.165, 1.54) is 6.42 Å². The van der Waals surface area contributed by atoms with Gasteiger partial charge < -0.3 is 10.1 Å². The highest BCUT2D eigenvalue weighted by Crippen LogP contribution is 2.13.